The fourth-order valence-electron chi connectivity index (χ4n) is 3.22. The molecule has 1 fully saturated rings. The molecule has 1 N–H and O–H groups in total. The standard InChI is InChI=1S/C17H26N6O2S/c1-12-9-15(17-18-11-13(2)20-17)21-16(19-12)10-14-5-7-23(8-6-14)26(24,25)22(3)4/h9,11,14H,5-8,10H2,1-4H3,(H,18,20). The molecule has 2 aromatic rings. The first-order valence-electron chi connectivity index (χ1n) is 8.80. The molecule has 1 saturated heterocycles. The average molecular weight is 379 g/mol. The molecule has 0 unspecified atom stereocenters. The number of aromatic amines is 1. The third-order valence-electron chi connectivity index (χ3n) is 4.68. The summed E-state index contributed by atoms with van der Waals surface area (Å²) in [6, 6.07) is 1.92. The van der Waals surface area contributed by atoms with Gasteiger partial charge < -0.3 is 4.98 Å². The van der Waals surface area contributed by atoms with Gasteiger partial charge in [-0.15, -0.1) is 0 Å². The number of rotatable bonds is 5. The van der Waals surface area contributed by atoms with Crippen molar-refractivity contribution in [2.24, 2.45) is 5.92 Å². The molecule has 142 valence electrons. The summed E-state index contributed by atoms with van der Waals surface area (Å²) < 4.78 is 27.3. The van der Waals surface area contributed by atoms with Crippen molar-refractivity contribution in [3.63, 3.8) is 0 Å². The van der Waals surface area contributed by atoms with Gasteiger partial charge in [0.05, 0.1) is 0 Å². The van der Waals surface area contributed by atoms with E-state index in [1.165, 1.54) is 4.31 Å². The Kier molecular flexibility index (Phi) is 5.40. The topological polar surface area (TPSA) is 95.1 Å². The zero-order valence-electron chi connectivity index (χ0n) is 15.7. The van der Waals surface area contributed by atoms with Crippen LogP contribution in [0, 0.1) is 19.8 Å². The van der Waals surface area contributed by atoms with Gasteiger partial charge in [-0.1, -0.05) is 0 Å². The van der Waals surface area contributed by atoms with Crippen LogP contribution < -0.4 is 0 Å². The molecule has 0 spiro atoms. The minimum absolute atomic E-state index is 0.386. The third kappa shape index (κ3) is 4.11. The van der Waals surface area contributed by atoms with Gasteiger partial charge in [0.2, 0.25) is 0 Å². The van der Waals surface area contributed by atoms with Crippen LogP contribution in [0.3, 0.4) is 0 Å². The fraction of sp³-hybridized carbons (Fsp3) is 0.588. The molecule has 9 heteroatoms. The fourth-order valence-corrected chi connectivity index (χ4v) is 4.35. The van der Waals surface area contributed by atoms with Crippen LogP contribution in [0.1, 0.15) is 30.1 Å². The molecule has 0 bridgehead atoms. The average Bonchev–Trinajstić information content (AvgIpc) is 3.01. The number of piperidine rings is 1. The lowest BCUT2D eigenvalue weighted by Gasteiger charge is -2.32. The number of H-pyrrole nitrogens is 1. The number of imidazole rings is 1. The highest BCUT2D eigenvalue weighted by Gasteiger charge is 2.29. The largest absolute Gasteiger partial charge is 0.341 e. The van der Waals surface area contributed by atoms with Gasteiger partial charge >= 0.3 is 0 Å². The van der Waals surface area contributed by atoms with E-state index in [1.54, 1.807) is 24.6 Å². The number of nitrogens with zero attached hydrogens (tertiary/aromatic N) is 5. The van der Waals surface area contributed by atoms with Crippen LogP contribution >= 0.6 is 0 Å². The molecule has 0 atom stereocenters. The maximum absolute atomic E-state index is 12.2. The van der Waals surface area contributed by atoms with Crippen LogP contribution in [0.4, 0.5) is 0 Å². The van der Waals surface area contributed by atoms with Crippen molar-refractivity contribution < 1.29 is 8.42 Å². The zero-order valence-corrected chi connectivity index (χ0v) is 16.5. The first-order valence-corrected chi connectivity index (χ1v) is 10.2. The van der Waals surface area contributed by atoms with Crippen LogP contribution in [-0.2, 0) is 16.6 Å². The van der Waals surface area contributed by atoms with E-state index in [9.17, 15) is 8.42 Å². The summed E-state index contributed by atoms with van der Waals surface area (Å²) in [5, 5.41) is 0. The number of aromatic nitrogens is 4. The minimum Gasteiger partial charge on any atom is -0.341 e. The predicted molar refractivity (Wildman–Crippen MR) is 99.7 cm³/mol. The lowest BCUT2D eigenvalue weighted by atomic mass is 9.94. The monoisotopic (exact) mass is 378 g/mol. The molecule has 3 rings (SSSR count). The molecule has 0 amide bonds. The van der Waals surface area contributed by atoms with Gasteiger partial charge in [-0.25, -0.2) is 15.0 Å². The molecule has 0 aliphatic carbocycles. The lowest BCUT2D eigenvalue weighted by Crippen LogP contribution is -2.44. The number of hydrogen-bond acceptors (Lipinski definition) is 5. The normalized spacial score (nSPS) is 17.1. The van der Waals surface area contributed by atoms with Crippen molar-refractivity contribution in [3.8, 4) is 11.5 Å². The lowest BCUT2D eigenvalue weighted by molar-refractivity contribution is 0.259. The maximum atomic E-state index is 12.2. The van der Waals surface area contributed by atoms with E-state index in [2.05, 4.69) is 19.9 Å². The van der Waals surface area contributed by atoms with E-state index in [0.29, 0.717) is 19.0 Å². The van der Waals surface area contributed by atoms with Crippen LogP contribution in [0.5, 0.6) is 0 Å². The molecule has 1 aliphatic rings. The van der Waals surface area contributed by atoms with E-state index in [-0.39, 0.29) is 0 Å². The summed E-state index contributed by atoms with van der Waals surface area (Å²) in [6.07, 6.45) is 4.18. The molecule has 26 heavy (non-hydrogen) atoms. The Morgan fingerprint density at radius 2 is 1.92 bits per heavy atom. The maximum Gasteiger partial charge on any atom is 0.281 e. The predicted octanol–water partition coefficient (Wildman–Crippen LogP) is 1.54. The highest BCUT2D eigenvalue weighted by molar-refractivity contribution is 7.86. The van der Waals surface area contributed by atoms with Gasteiger partial charge in [-0.05, 0) is 38.7 Å². The summed E-state index contributed by atoms with van der Waals surface area (Å²) in [5.41, 5.74) is 2.70. The van der Waals surface area contributed by atoms with Crippen LogP contribution in [-0.4, -0.2) is 64.1 Å². The minimum atomic E-state index is -3.32. The van der Waals surface area contributed by atoms with Gasteiger partial charge in [0.25, 0.3) is 10.2 Å². The van der Waals surface area contributed by atoms with Crippen molar-refractivity contribution in [2.45, 2.75) is 33.1 Å². The molecular weight excluding hydrogens is 352 g/mol. The molecular formula is C17H26N6O2S. The molecule has 1 aliphatic heterocycles. The molecule has 2 aromatic heterocycles. The van der Waals surface area contributed by atoms with Crippen LogP contribution in [0.15, 0.2) is 12.3 Å². The Labute approximate surface area is 154 Å². The van der Waals surface area contributed by atoms with Gasteiger partial charge in [-0.3, -0.25) is 0 Å². The van der Waals surface area contributed by atoms with Gasteiger partial charge in [0.15, 0.2) is 5.82 Å². The Bertz CT molecular complexity index is 869. The Balaban J connectivity index is 1.68. The summed E-state index contributed by atoms with van der Waals surface area (Å²) in [7, 11) is -0.182. The SMILES string of the molecule is Cc1cc(-c2ncc(C)[nH]2)nc(CC2CCN(S(=O)(=O)N(C)C)CC2)n1. The van der Waals surface area contributed by atoms with Gasteiger partial charge in [-0.2, -0.15) is 17.0 Å². The quantitative estimate of drug-likeness (QED) is 0.852. The van der Waals surface area contributed by atoms with Crippen molar-refractivity contribution in [2.75, 3.05) is 27.2 Å². The first kappa shape index (κ1) is 18.9. The van der Waals surface area contributed by atoms with Gasteiger partial charge in [0.1, 0.15) is 11.5 Å². The summed E-state index contributed by atoms with van der Waals surface area (Å²) in [6.45, 7) is 5.00. The number of nitrogens with one attached hydrogen (secondary N) is 1. The van der Waals surface area contributed by atoms with Crippen molar-refractivity contribution in [1.29, 1.82) is 0 Å². The second-order valence-electron chi connectivity index (χ2n) is 7.06. The smallest absolute Gasteiger partial charge is 0.281 e. The van der Waals surface area contributed by atoms with E-state index in [4.69, 9.17) is 0 Å². The second kappa shape index (κ2) is 7.42. The highest BCUT2D eigenvalue weighted by atomic mass is 32.2. The summed E-state index contributed by atoms with van der Waals surface area (Å²) in [4.78, 5) is 16.8. The van der Waals surface area contributed by atoms with Gasteiger partial charge in [0, 0.05) is 51.2 Å². The Morgan fingerprint density at radius 3 is 2.50 bits per heavy atom. The zero-order chi connectivity index (χ0) is 18.9. The number of aryl methyl sites for hydroxylation is 2. The third-order valence-corrected chi connectivity index (χ3v) is 6.62. The Hall–Kier alpha value is -1.84. The molecule has 0 radical (unpaired) electrons. The molecule has 3 heterocycles. The summed E-state index contributed by atoms with van der Waals surface area (Å²) >= 11 is 0. The second-order valence-corrected chi connectivity index (χ2v) is 9.20. The van der Waals surface area contributed by atoms with Crippen LogP contribution in [0.25, 0.3) is 11.5 Å². The van der Waals surface area contributed by atoms with Crippen molar-refractivity contribution >= 4 is 10.2 Å². The van der Waals surface area contributed by atoms with Crippen molar-refractivity contribution in [3.05, 3.63) is 29.5 Å². The molecule has 0 aromatic carbocycles. The molecule has 0 saturated carbocycles. The van der Waals surface area contributed by atoms with E-state index in [1.807, 2.05) is 19.9 Å². The first-order chi connectivity index (χ1) is 12.3. The molecule has 8 nitrogen and oxygen atoms in total. The van der Waals surface area contributed by atoms with E-state index >= 15 is 0 Å². The van der Waals surface area contributed by atoms with E-state index < -0.39 is 10.2 Å². The van der Waals surface area contributed by atoms with Crippen LogP contribution in [0.2, 0.25) is 0 Å². The number of hydrogen-bond donors (Lipinski definition) is 1. The highest BCUT2D eigenvalue weighted by Crippen LogP contribution is 2.24. The van der Waals surface area contributed by atoms with Crippen molar-refractivity contribution in [1.82, 2.24) is 28.5 Å². The Morgan fingerprint density at radius 1 is 1.23 bits per heavy atom. The van der Waals surface area contributed by atoms with E-state index in [0.717, 1.165) is 48.0 Å². The summed E-state index contributed by atoms with van der Waals surface area (Å²) in [5.74, 6) is 1.93.